The maximum absolute atomic E-state index is 5.92. The Labute approximate surface area is 88.2 Å². The standard InChI is InChI=1S/C11H25N3/c1-3-11(12)5-8-14-7-4-6-13(2)9-10-14/h11H,3-10,12H2,1-2H3. The van der Waals surface area contributed by atoms with Gasteiger partial charge in [-0.15, -0.1) is 0 Å². The molecule has 0 amide bonds. The average Bonchev–Trinajstić information content (AvgIpc) is 2.39. The second kappa shape index (κ2) is 6.38. The van der Waals surface area contributed by atoms with Gasteiger partial charge in [-0.1, -0.05) is 6.92 Å². The Hall–Kier alpha value is -0.120. The van der Waals surface area contributed by atoms with E-state index in [1.807, 2.05) is 0 Å². The Morgan fingerprint density at radius 2 is 2.00 bits per heavy atom. The number of hydrogen-bond donors (Lipinski definition) is 1. The fourth-order valence-corrected chi connectivity index (χ4v) is 1.88. The molecule has 1 aliphatic rings. The van der Waals surface area contributed by atoms with Crippen molar-refractivity contribution in [3.05, 3.63) is 0 Å². The minimum Gasteiger partial charge on any atom is -0.328 e. The lowest BCUT2D eigenvalue weighted by Gasteiger charge is -2.21. The molecule has 1 aliphatic heterocycles. The summed E-state index contributed by atoms with van der Waals surface area (Å²) in [5, 5.41) is 0. The summed E-state index contributed by atoms with van der Waals surface area (Å²) in [6.07, 6.45) is 3.56. The highest BCUT2D eigenvalue weighted by atomic mass is 15.2. The third kappa shape index (κ3) is 4.40. The molecule has 0 radical (unpaired) electrons. The van der Waals surface area contributed by atoms with E-state index in [9.17, 15) is 0 Å². The van der Waals surface area contributed by atoms with E-state index in [4.69, 9.17) is 5.73 Å². The van der Waals surface area contributed by atoms with Crippen molar-refractivity contribution in [1.82, 2.24) is 9.80 Å². The van der Waals surface area contributed by atoms with E-state index in [-0.39, 0.29) is 0 Å². The van der Waals surface area contributed by atoms with E-state index in [0.29, 0.717) is 6.04 Å². The second-order valence-electron chi connectivity index (χ2n) is 4.46. The van der Waals surface area contributed by atoms with Crippen LogP contribution in [0.25, 0.3) is 0 Å². The quantitative estimate of drug-likeness (QED) is 0.725. The highest BCUT2D eigenvalue weighted by Crippen LogP contribution is 2.03. The molecule has 1 atom stereocenters. The average molecular weight is 199 g/mol. The van der Waals surface area contributed by atoms with Gasteiger partial charge in [-0.25, -0.2) is 0 Å². The Morgan fingerprint density at radius 1 is 1.21 bits per heavy atom. The van der Waals surface area contributed by atoms with Gasteiger partial charge in [0.05, 0.1) is 0 Å². The molecule has 0 aliphatic carbocycles. The van der Waals surface area contributed by atoms with Gasteiger partial charge in [-0.2, -0.15) is 0 Å². The molecule has 1 heterocycles. The zero-order chi connectivity index (χ0) is 10.4. The van der Waals surface area contributed by atoms with Crippen LogP contribution in [0.4, 0.5) is 0 Å². The van der Waals surface area contributed by atoms with Crippen molar-refractivity contribution in [3.8, 4) is 0 Å². The van der Waals surface area contributed by atoms with Gasteiger partial charge in [-0.3, -0.25) is 0 Å². The molecule has 0 bridgehead atoms. The van der Waals surface area contributed by atoms with Crippen LogP contribution < -0.4 is 5.73 Å². The summed E-state index contributed by atoms with van der Waals surface area (Å²) in [5.41, 5.74) is 5.92. The predicted octanol–water partition coefficient (Wildman–Crippen LogP) is 0.751. The van der Waals surface area contributed by atoms with E-state index >= 15 is 0 Å². The first-order chi connectivity index (χ1) is 6.72. The molecule has 0 aromatic heterocycles. The van der Waals surface area contributed by atoms with Crippen molar-refractivity contribution in [2.24, 2.45) is 5.73 Å². The van der Waals surface area contributed by atoms with Crippen LogP contribution in [0.15, 0.2) is 0 Å². The van der Waals surface area contributed by atoms with Crippen LogP contribution in [0, 0.1) is 0 Å². The first kappa shape index (κ1) is 12.0. The number of nitrogens with zero attached hydrogens (tertiary/aromatic N) is 2. The van der Waals surface area contributed by atoms with E-state index in [2.05, 4.69) is 23.8 Å². The summed E-state index contributed by atoms with van der Waals surface area (Å²) >= 11 is 0. The third-order valence-corrected chi connectivity index (χ3v) is 3.15. The molecule has 2 N–H and O–H groups in total. The van der Waals surface area contributed by atoms with Crippen molar-refractivity contribution in [2.45, 2.75) is 32.2 Å². The van der Waals surface area contributed by atoms with Crippen molar-refractivity contribution in [2.75, 3.05) is 39.8 Å². The van der Waals surface area contributed by atoms with E-state index in [1.54, 1.807) is 0 Å². The molecule has 0 saturated carbocycles. The second-order valence-corrected chi connectivity index (χ2v) is 4.46. The number of nitrogens with two attached hydrogens (primary N) is 1. The van der Waals surface area contributed by atoms with Crippen molar-refractivity contribution < 1.29 is 0 Å². The van der Waals surface area contributed by atoms with Crippen molar-refractivity contribution in [3.63, 3.8) is 0 Å². The molecule has 14 heavy (non-hydrogen) atoms. The monoisotopic (exact) mass is 199 g/mol. The minimum absolute atomic E-state index is 0.399. The molecule has 3 nitrogen and oxygen atoms in total. The maximum Gasteiger partial charge on any atom is 0.0109 e. The molecule has 1 rings (SSSR count). The first-order valence-electron chi connectivity index (χ1n) is 5.89. The maximum atomic E-state index is 5.92. The Kier molecular flexibility index (Phi) is 5.45. The molecule has 1 saturated heterocycles. The Morgan fingerprint density at radius 3 is 2.71 bits per heavy atom. The Bertz CT molecular complexity index is 149. The summed E-state index contributed by atoms with van der Waals surface area (Å²) in [6, 6.07) is 0.399. The largest absolute Gasteiger partial charge is 0.328 e. The molecule has 0 aromatic rings. The van der Waals surface area contributed by atoms with Crippen LogP contribution >= 0.6 is 0 Å². The lowest BCUT2D eigenvalue weighted by Crippen LogP contribution is -2.33. The topological polar surface area (TPSA) is 32.5 Å². The molecule has 84 valence electrons. The molecule has 3 heteroatoms. The third-order valence-electron chi connectivity index (χ3n) is 3.15. The van der Waals surface area contributed by atoms with Crippen LogP contribution in [0.5, 0.6) is 0 Å². The molecule has 1 fully saturated rings. The molecule has 0 spiro atoms. The van der Waals surface area contributed by atoms with Crippen LogP contribution in [0.2, 0.25) is 0 Å². The van der Waals surface area contributed by atoms with Gasteiger partial charge in [0, 0.05) is 19.1 Å². The SMILES string of the molecule is CCC(N)CCN1CCCN(C)CC1. The molecule has 0 aromatic carbocycles. The van der Waals surface area contributed by atoms with Gasteiger partial charge >= 0.3 is 0 Å². The lowest BCUT2D eigenvalue weighted by molar-refractivity contribution is 0.265. The van der Waals surface area contributed by atoms with Gasteiger partial charge in [-0.05, 0) is 45.9 Å². The normalized spacial score (nSPS) is 23.4. The van der Waals surface area contributed by atoms with Crippen molar-refractivity contribution >= 4 is 0 Å². The minimum atomic E-state index is 0.399. The molecular formula is C11H25N3. The zero-order valence-electron chi connectivity index (χ0n) is 9.71. The highest BCUT2D eigenvalue weighted by molar-refractivity contribution is 4.69. The summed E-state index contributed by atoms with van der Waals surface area (Å²) in [5.74, 6) is 0. The first-order valence-corrected chi connectivity index (χ1v) is 5.89. The Balaban J connectivity index is 2.17. The molecular weight excluding hydrogens is 174 g/mol. The fourth-order valence-electron chi connectivity index (χ4n) is 1.88. The molecule has 1 unspecified atom stereocenters. The van der Waals surface area contributed by atoms with Crippen molar-refractivity contribution in [1.29, 1.82) is 0 Å². The summed E-state index contributed by atoms with van der Waals surface area (Å²) in [6.45, 7) is 8.27. The summed E-state index contributed by atoms with van der Waals surface area (Å²) in [4.78, 5) is 4.97. The lowest BCUT2D eigenvalue weighted by atomic mass is 10.1. The number of likely N-dealkylation sites (N-methyl/N-ethyl adjacent to an activating group) is 1. The fraction of sp³-hybridized carbons (Fsp3) is 1.00. The van der Waals surface area contributed by atoms with Crippen LogP contribution in [0.1, 0.15) is 26.2 Å². The van der Waals surface area contributed by atoms with Gasteiger partial charge < -0.3 is 15.5 Å². The smallest absolute Gasteiger partial charge is 0.0109 e. The van der Waals surface area contributed by atoms with Crippen LogP contribution in [-0.4, -0.2) is 55.6 Å². The van der Waals surface area contributed by atoms with Gasteiger partial charge in [0.15, 0.2) is 0 Å². The highest BCUT2D eigenvalue weighted by Gasteiger charge is 2.12. The van der Waals surface area contributed by atoms with Crippen LogP contribution in [0.3, 0.4) is 0 Å². The van der Waals surface area contributed by atoms with E-state index in [0.717, 1.165) is 12.8 Å². The number of hydrogen-bond acceptors (Lipinski definition) is 3. The van der Waals surface area contributed by atoms with Gasteiger partial charge in [0.25, 0.3) is 0 Å². The van der Waals surface area contributed by atoms with Gasteiger partial charge in [0.2, 0.25) is 0 Å². The van der Waals surface area contributed by atoms with E-state index in [1.165, 1.54) is 39.1 Å². The van der Waals surface area contributed by atoms with E-state index < -0.39 is 0 Å². The summed E-state index contributed by atoms with van der Waals surface area (Å²) in [7, 11) is 2.21. The zero-order valence-corrected chi connectivity index (χ0v) is 9.71. The predicted molar refractivity (Wildman–Crippen MR) is 61.4 cm³/mol. The number of rotatable bonds is 4. The van der Waals surface area contributed by atoms with Crippen LogP contribution in [-0.2, 0) is 0 Å². The van der Waals surface area contributed by atoms with Gasteiger partial charge in [0.1, 0.15) is 0 Å². The summed E-state index contributed by atoms with van der Waals surface area (Å²) < 4.78 is 0.